The van der Waals surface area contributed by atoms with E-state index >= 15 is 0 Å². The Bertz CT molecular complexity index is 1250. The maximum absolute atomic E-state index is 13.3. The summed E-state index contributed by atoms with van der Waals surface area (Å²) in [6.07, 6.45) is -9.56. The molecule has 34 heavy (non-hydrogen) atoms. The summed E-state index contributed by atoms with van der Waals surface area (Å²) in [5.74, 6) is -1.92. The van der Waals surface area contributed by atoms with Gasteiger partial charge in [0, 0.05) is 28.3 Å². The van der Waals surface area contributed by atoms with Gasteiger partial charge in [-0.05, 0) is 54.6 Å². The van der Waals surface area contributed by atoms with Crippen LogP contribution in [0.15, 0.2) is 60.7 Å². The first-order chi connectivity index (χ1) is 15.8. The third-order valence-corrected chi connectivity index (χ3v) is 4.59. The topological polar surface area (TPSA) is 110 Å². The number of nitrogen functional groups attached to an aromatic ring is 2. The van der Waals surface area contributed by atoms with E-state index in [1.807, 2.05) is 0 Å². The van der Waals surface area contributed by atoms with E-state index in [4.69, 9.17) is 11.5 Å². The lowest BCUT2D eigenvalue weighted by atomic mass is 10.0. The van der Waals surface area contributed by atoms with Crippen molar-refractivity contribution in [1.29, 1.82) is 0 Å². The summed E-state index contributed by atoms with van der Waals surface area (Å²) in [6, 6.07) is 10.6. The summed E-state index contributed by atoms with van der Waals surface area (Å²) in [6.45, 7) is 0. The van der Waals surface area contributed by atoms with Crippen LogP contribution in [0.2, 0.25) is 0 Å². The molecule has 12 heteroatoms. The molecule has 6 N–H and O–H groups in total. The van der Waals surface area contributed by atoms with Crippen molar-refractivity contribution in [3.63, 3.8) is 0 Å². The normalized spacial score (nSPS) is 11.7. The zero-order valence-electron chi connectivity index (χ0n) is 17.0. The second-order valence-electron chi connectivity index (χ2n) is 7.09. The Hall–Kier alpha value is -4.22. The van der Waals surface area contributed by atoms with Gasteiger partial charge in [0.05, 0.1) is 16.7 Å². The molecule has 0 fully saturated rings. The minimum absolute atomic E-state index is 0.0177. The van der Waals surface area contributed by atoms with Gasteiger partial charge in [-0.2, -0.15) is 26.3 Å². The van der Waals surface area contributed by atoms with Gasteiger partial charge in [-0.1, -0.05) is 6.07 Å². The van der Waals surface area contributed by atoms with Gasteiger partial charge in [0.2, 0.25) is 0 Å². The van der Waals surface area contributed by atoms with Crippen LogP contribution in [0.5, 0.6) is 0 Å². The fraction of sp³-hybridized carbons (Fsp3) is 0.0909. The Morgan fingerprint density at radius 3 is 1.94 bits per heavy atom. The highest BCUT2D eigenvalue weighted by molar-refractivity contribution is 6.08. The summed E-state index contributed by atoms with van der Waals surface area (Å²) in [5.41, 5.74) is 6.70. The molecule has 0 saturated carbocycles. The van der Waals surface area contributed by atoms with Gasteiger partial charge in [0.25, 0.3) is 11.8 Å². The van der Waals surface area contributed by atoms with Crippen molar-refractivity contribution in [3.8, 4) is 0 Å². The van der Waals surface area contributed by atoms with Gasteiger partial charge in [-0.3, -0.25) is 9.59 Å². The smallest absolute Gasteiger partial charge is 0.399 e. The average molecular weight is 482 g/mol. The average Bonchev–Trinajstić information content (AvgIpc) is 2.73. The molecule has 0 aliphatic rings. The van der Waals surface area contributed by atoms with E-state index in [1.165, 1.54) is 24.3 Å². The molecule has 3 rings (SSSR count). The van der Waals surface area contributed by atoms with Gasteiger partial charge in [-0.25, -0.2) is 0 Å². The van der Waals surface area contributed by atoms with Crippen molar-refractivity contribution in [2.45, 2.75) is 12.4 Å². The van der Waals surface area contributed by atoms with Gasteiger partial charge in [0.1, 0.15) is 0 Å². The molecule has 3 aromatic carbocycles. The third-order valence-electron chi connectivity index (χ3n) is 4.59. The molecule has 3 aromatic rings. The van der Waals surface area contributed by atoms with Crippen LogP contribution in [0.4, 0.5) is 49.1 Å². The first kappa shape index (κ1) is 24.4. The van der Waals surface area contributed by atoms with E-state index in [0.717, 1.165) is 24.3 Å². The van der Waals surface area contributed by atoms with Crippen LogP contribution < -0.4 is 22.1 Å². The minimum atomic E-state index is -4.84. The SMILES string of the molecule is Nc1ccc(C(=O)Nc2cccc(C(=O)Nc3ccc(N)c(C(F)(F)F)c3)c2)c(C(F)(F)F)c1. The number of anilines is 4. The second kappa shape index (κ2) is 8.96. The van der Waals surface area contributed by atoms with Crippen LogP contribution in [-0.2, 0) is 12.4 Å². The van der Waals surface area contributed by atoms with Crippen LogP contribution in [0, 0.1) is 0 Å². The van der Waals surface area contributed by atoms with E-state index < -0.39 is 46.5 Å². The van der Waals surface area contributed by atoms with E-state index in [9.17, 15) is 35.9 Å². The quantitative estimate of drug-likeness (QED) is 0.295. The number of carbonyl (C=O) groups excluding carboxylic acids is 2. The summed E-state index contributed by atoms with van der Waals surface area (Å²) >= 11 is 0. The molecule has 6 nitrogen and oxygen atoms in total. The second-order valence-corrected chi connectivity index (χ2v) is 7.09. The lowest BCUT2D eigenvalue weighted by Gasteiger charge is -2.14. The van der Waals surface area contributed by atoms with Crippen molar-refractivity contribution in [2.75, 3.05) is 22.1 Å². The lowest BCUT2D eigenvalue weighted by molar-refractivity contribution is -0.138. The van der Waals surface area contributed by atoms with Gasteiger partial charge in [0.15, 0.2) is 0 Å². The monoisotopic (exact) mass is 482 g/mol. The number of nitrogens with one attached hydrogen (secondary N) is 2. The van der Waals surface area contributed by atoms with Crippen LogP contribution in [0.1, 0.15) is 31.8 Å². The molecule has 178 valence electrons. The maximum atomic E-state index is 13.3. The van der Waals surface area contributed by atoms with E-state index in [1.54, 1.807) is 0 Å². The van der Waals surface area contributed by atoms with E-state index in [2.05, 4.69) is 10.6 Å². The van der Waals surface area contributed by atoms with Gasteiger partial charge >= 0.3 is 12.4 Å². The highest BCUT2D eigenvalue weighted by Gasteiger charge is 2.35. The number of hydrogen-bond donors (Lipinski definition) is 4. The Balaban J connectivity index is 1.81. The molecule has 0 spiro atoms. The molecule has 0 aliphatic carbocycles. The van der Waals surface area contributed by atoms with E-state index in [-0.39, 0.29) is 22.6 Å². The minimum Gasteiger partial charge on any atom is -0.399 e. The number of hydrogen-bond acceptors (Lipinski definition) is 4. The third kappa shape index (κ3) is 5.57. The molecule has 0 aliphatic heterocycles. The molecule has 0 bridgehead atoms. The number of rotatable bonds is 4. The van der Waals surface area contributed by atoms with Gasteiger partial charge in [-0.15, -0.1) is 0 Å². The van der Waals surface area contributed by atoms with Crippen molar-refractivity contribution in [2.24, 2.45) is 0 Å². The fourth-order valence-corrected chi connectivity index (χ4v) is 3.01. The zero-order chi connectivity index (χ0) is 25.3. The fourth-order valence-electron chi connectivity index (χ4n) is 3.01. The summed E-state index contributed by atoms with van der Waals surface area (Å²) < 4.78 is 78.8. The van der Waals surface area contributed by atoms with Crippen molar-refractivity contribution in [3.05, 3.63) is 82.9 Å². The van der Waals surface area contributed by atoms with Crippen LogP contribution >= 0.6 is 0 Å². The Labute approximate surface area is 188 Å². The van der Waals surface area contributed by atoms with Crippen LogP contribution in [-0.4, -0.2) is 11.8 Å². The van der Waals surface area contributed by atoms with Crippen molar-refractivity contribution < 1.29 is 35.9 Å². The molecule has 0 heterocycles. The zero-order valence-corrected chi connectivity index (χ0v) is 17.0. The Morgan fingerprint density at radius 2 is 1.29 bits per heavy atom. The Morgan fingerprint density at radius 1 is 0.676 bits per heavy atom. The molecular weight excluding hydrogens is 466 g/mol. The summed E-state index contributed by atoms with van der Waals surface area (Å²) in [7, 11) is 0. The van der Waals surface area contributed by atoms with Crippen molar-refractivity contribution >= 4 is 34.6 Å². The first-order valence-corrected chi connectivity index (χ1v) is 9.42. The van der Waals surface area contributed by atoms with E-state index in [0.29, 0.717) is 12.1 Å². The number of nitrogens with two attached hydrogens (primary N) is 2. The standard InChI is InChI=1S/C22H16F6N4O2/c23-21(24,25)16-9-12(29)4-6-15(16)20(34)32-13-3-1-2-11(8-13)19(33)31-14-5-7-18(30)17(10-14)22(26,27)28/h1-10H,29-30H2,(H,31,33)(H,32,34). The highest BCUT2D eigenvalue weighted by atomic mass is 19.4. The molecule has 0 saturated heterocycles. The lowest BCUT2D eigenvalue weighted by Crippen LogP contribution is -2.19. The highest BCUT2D eigenvalue weighted by Crippen LogP contribution is 2.35. The first-order valence-electron chi connectivity index (χ1n) is 9.42. The number of carbonyl (C=O) groups is 2. The van der Waals surface area contributed by atoms with Gasteiger partial charge < -0.3 is 22.1 Å². The Kier molecular flexibility index (Phi) is 6.44. The predicted molar refractivity (Wildman–Crippen MR) is 114 cm³/mol. The van der Waals surface area contributed by atoms with Crippen LogP contribution in [0.3, 0.4) is 0 Å². The number of amides is 2. The molecule has 0 aromatic heterocycles. The number of alkyl halides is 6. The molecular formula is C22H16F6N4O2. The molecule has 0 unspecified atom stereocenters. The molecule has 2 amide bonds. The molecule has 0 radical (unpaired) electrons. The number of halogens is 6. The maximum Gasteiger partial charge on any atom is 0.418 e. The van der Waals surface area contributed by atoms with Crippen molar-refractivity contribution in [1.82, 2.24) is 0 Å². The van der Waals surface area contributed by atoms with Crippen LogP contribution in [0.25, 0.3) is 0 Å². The number of benzene rings is 3. The summed E-state index contributed by atoms with van der Waals surface area (Å²) in [4.78, 5) is 24.9. The molecule has 0 atom stereocenters. The largest absolute Gasteiger partial charge is 0.418 e. The predicted octanol–water partition coefficient (Wildman–Crippen LogP) is 5.39. The summed E-state index contributed by atoms with van der Waals surface area (Å²) in [5, 5.41) is 4.54.